The second-order valence-corrected chi connectivity index (χ2v) is 9.95. The molecule has 0 fully saturated rings. The van der Waals surface area contributed by atoms with Gasteiger partial charge < -0.3 is 10.6 Å². The number of rotatable bonds is 5. The highest BCUT2D eigenvalue weighted by molar-refractivity contribution is 6.15. The van der Waals surface area contributed by atoms with Crippen LogP contribution in [0.2, 0.25) is 0 Å². The van der Waals surface area contributed by atoms with Crippen molar-refractivity contribution in [3.05, 3.63) is 119 Å². The molecule has 4 heterocycles. The molecule has 196 valence electrons. The van der Waals surface area contributed by atoms with Gasteiger partial charge in [0, 0.05) is 42.7 Å². The zero-order chi connectivity index (χ0) is 27.3. The third-order valence-electron chi connectivity index (χ3n) is 7.39. The summed E-state index contributed by atoms with van der Waals surface area (Å²) in [7, 11) is 0. The number of imidazole rings is 1. The molecule has 40 heavy (non-hydrogen) atoms. The summed E-state index contributed by atoms with van der Waals surface area (Å²) in [6, 6.07) is 21.9. The van der Waals surface area contributed by atoms with Gasteiger partial charge in [-0.25, -0.2) is 14.3 Å². The molecule has 2 amide bonds. The number of nitrogens with zero attached hydrogens (tertiary/aromatic N) is 5. The molecular weight excluding hydrogens is 506 g/mol. The SMILES string of the molecule is O=C(Cn1c(=O)n(-c2ccccn2)c2ccccc21)Nc1ccc2c(c1)CC1(C2)N=C(c2cccnc2)NC1=O. The fourth-order valence-corrected chi connectivity index (χ4v) is 5.54. The van der Waals surface area contributed by atoms with E-state index in [0.717, 1.165) is 16.7 Å². The van der Waals surface area contributed by atoms with Gasteiger partial charge in [0.1, 0.15) is 23.7 Å². The number of carbonyl (C=O) groups excluding carboxylic acids is 2. The van der Waals surface area contributed by atoms with Crippen LogP contribution in [-0.4, -0.2) is 42.3 Å². The van der Waals surface area contributed by atoms with Crippen molar-refractivity contribution in [2.24, 2.45) is 4.99 Å². The second-order valence-electron chi connectivity index (χ2n) is 9.95. The predicted octanol–water partition coefficient (Wildman–Crippen LogP) is 2.63. The lowest BCUT2D eigenvalue weighted by Gasteiger charge is -2.14. The fourth-order valence-electron chi connectivity index (χ4n) is 5.54. The van der Waals surface area contributed by atoms with Gasteiger partial charge in [0.15, 0.2) is 0 Å². The molecule has 3 aromatic heterocycles. The van der Waals surface area contributed by atoms with Crippen LogP contribution in [0, 0.1) is 0 Å². The lowest BCUT2D eigenvalue weighted by molar-refractivity contribution is -0.123. The number of carbonyl (C=O) groups is 2. The fraction of sp³-hybridized carbons (Fsp3) is 0.133. The summed E-state index contributed by atoms with van der Waals surface area (Å²) < 4.78 is 2.95. The first-order valence-electron chi connectivity index (χ1n) is 12.9. The highest BCUT2D eigenvalue weighted by atomic mass is 16.2. The molecule has 2 aromatic carbocycles. The summed E-state index contributed by atoms with van der Waals surface area (Å²) in [6.07, 6.45) is 5.88. The molecule has 1 atom stereocenters. The number of aliphatic imine (C=N–C) groups is 1. The molecule has 0 bridgehead atoms. The van der Waals surface area contributed by atoms with Crippen molar-refractivity contribution in [1.29, 1.82) is 0 Å². The van der Waals surface area contributed by atoms with Crippen LogP contribution >= 0.6 is 0 Å². The highest BCUT2D eigenvalue weighted by Crippen LogP contribution is 2.37. The van der Waals surface area contributed by atoms with Crippen LogP contribution in [0.15, 0.2) is 101 Å². The summed E-state index contributed by atoms with van der Waals surface area (Å²) in [4.78, 5) is 52.7. The average molecular weight is 530 g/mol. The topological polar surface area (TPSA) is 123 Å². The second kappa shape index (κ2) is 9.12. The summed E-state index contributed by atoms with van der Waals surface area (Å²) in [5.41, 5.74) is 3.37. The van der Waals surface area contributed by atoms with Crippen molar-refractivity contribution in [1.82, 2.24) is 24.4 Å². The number of pyridine rings is 2. The van der Waals surface area contributed by atoms with Gasteiger partial charge in [0.2, 0.25) is 5.91 Å². The number of hydrogen-bond donors (Lipinski definition) is 2. The van der Waals surface area contributed by atoms with Crippen molar-refractivity contribution < 1.29 is 9.59 Å². The summed E-state index contributed by atoms with van der Waals surface area (Å²) in [6.45, 7) is -0.165. The molecule has 10 nitrogen and oxygen atoms in total. The van der Waals surface area contributed by atoms with Crippen LogP contribution in [0.1, 0.15) is 16.7 Å². The van der Waals surface area contributed by atoms with Crippen LogP contribution in [0.3, 0.4) is 0 Å². The van der Waals surface area contributed by atoms with E-state index >= 15 is 0 Å². The number of fused-ring (bicyclic) bond motifs is 2. The molecule has 7 rings (SSSR count). The first-order valence-corrected chi connectivity index (χ1v) is 12.9. The Labute approximate surface area is 228 Å². The highest BCUT2D eigenvalue weighted by Gasteiger charge is 2.48. The monoisotopic (exact) mass is 529 g/mol. The van der Waals surface area contributed by atoms with Crippen molar-refractivity contribution in [2.75, 3.05) is 5.32 Å². The van der Waals surface area contributed by atoms with E-state index < -0.39 is 5.54 Å². The molecule has 2 N–H and O–H groups in total. The maximum Gasteiger partial charge on any atom is 0.335 e. The molecule has 1 spiro atoms. The first kappa shape index (κ1) is 23.7. The van der Waals surface area contributed by atoms with Crippen LogP contribution < -0.4 is 16.3 Å². The molecule has 1 unspecified atom stereocenters. The zero-order valence-corrected chi connectivity index (χ0v) is 21.2. The standard InChI is InChI=1S/C30H23N7O3/c38-26(18-36-23-7-1-2-8-24(23)37(29(36)40)25-9-3-4-13-32-25)33-22-11-10-19-15-30(16-21(19)14-22)28(39)34-27(35-30)20-6-5-12-31-17-20/h1-14,17H,15-16,18H2,(H,33,38)(H,34,35,39). The Kier molecular flexibility index (Phi) is 5.41. The smallest absolute Gasteiger partial charge is 0.325 e. The Morgan fingerprint density at radius 1 is 0.925 bits per heavy atom. The van der Waals surface area contributed by atoms with E-state index in [1.54, 1.807) is 36.8 Å². The number of benzene rings is 2. The molecule has 0 radical (unpaired) electrons. The number of nitrogens with one attached hydrogen (secondary N) is 2. The minimum absolute atomic E-state index is 0.142. The minimum Gasteiger partial charge on any atom is -0.325 e. The van der Waals surface area contributed by atoms with Crippen LogP contribution in [0.4, 0.5) is 5.69 Å². The van der Waals surface area contributed by atoms with Crippen molar-refractivity contribution in [2.45, 2.75) is 24.9 Å². The maximum atomic E-state index is 13.4. The molecule has 0 saturated heterocycles. The van der Waals surface area contributed by atoms with Gasteiger partial charge in [-0.2, -0.15) is 0 Å². The number of anilines is 1. The Bertz CT molecular complexity index is 1890. The van der Waals surface area contributed by atoms with Crippen LogP contribution in [-0.2, 0) is 29.0 Å². The number of amidine groups is 1. The molecular formula is C30H23N7O3. The van der Waals surface area contributed by atoms with Crippen molar-refractivity contribution >= 4 is 34.4 Å². The largest absolute Gasteiger partial charge is 0.335 e. The van der Waals surface area contributed by atoms with Gasteiger partial charge in [-0.1, -0.05) is 24.3 Å². The van der Waals surface area contributed by atoms with E-state index in [4.69, 9.17) is 4.99 Å². The Morgan fingerprint density at radius 3 is 2.55 bits per heavy atom. The van der Waals surface area contributed by atoms with Crippen LogP contribution in [0.25, 0.3) is 16.9 Å². The first-order chi connectivity index (χ1) is 19.5. The summed E-state index contributed by atoms with van der Waals surface area (Å²) in [5.74, 6) is 0.529. The van der Waals surface area contributed by atoms with Gasteiger partial charge in [-0.15, -0.1) is 0 Å². The summed E-state index contributed by atoms with van der Waals surface area (Å²) >= 11 is 0. The zero-order valence-electron chi connectivity index (χ0n) is 21.2. The van der Waals surface area contributed by atoms with Gasteiger partial charge >= 0.3 is 5.69 Å². The van der Waals surface area contributed by atoms with E-state index in [2.05, 4.69) is 20.6 Å². The van der Waals surface area contributed by atoms with Crippen molar-refractivity contribution in [3.8, 4) is 5.82 Å². The number of hydrogen-bond acceptors (Lipinski definition) is 6. The van der Waals surface area contributed by atoms with E-state index in [9.17, 15) is 14.4 Å². The normalized spacial score (nSPS) is 17.6. The molecule has 0 saturated carbocycles. The molecule has 10 heteroatoms. The number of amides is 2. The third-order valence-corrected chi connectivity index (χ3v) is 7.39. The summed E-state index contributed by atoms with van der Waals surface area (Å²) in [5, 5.41) is 5.83. The number of aromatic nitrogens is 4. The van der Waals surface area contributed by atoms with Gasteiger partial charge in [-0.3, -0.25) is 24.1 Å². The van der Waals surface area contributed by atoms with Crippen LogP contribution in [0.5, 0.6) is 0 Å². The van der Waals surface area contributed by atoms with Gasteiger partial charge in [-0.05, 0) is 59.7 Å². The number of para-hydroxylation sites is 2. The Hall–Kier alpha value is -5.38. The molecule has 5 aromatic rings. The molecule has 1 aliphatic carbocycles. The quantitative estimate of drug-likeness (QED) is 0.362. The van der Waals surface area contributed by atoms with Crippen molar-refractivity contribution in [3.63, 3.8) is 0 Å². The average Bonchev–Trinajstić information content (AvgIpc) is 3.60. The predicted molar refractivity (Wildman–Crippen MR) is 149 cm³/mol. The van der Waals surface area contributed by atoms with Gasteiger partial charge in [0.05, 0.1) is 11.0 Å². The van der Waals surface area contributed by atoms with E-state index in [1.807, 2.05) is 54.6 Å². The molecule has 1 aliphatic heterocycles. The Balaban J connectivity index is 1.13. The van der Waals surface area contributed by atoms with Gasteiger partial charge in [0.25, 0.3) is 5.91 Å². The maximum absolute atomic E-state index is 13.4. The lowest BCUT2D eigenvalue weighted by atomic mass is 9.97. The molecule has 2 aliphatic rings. The van der Waals surface area contributed by atoms with E-state index in [-0.39, 0.29) is 24.0 Å². The lowest BCUT2D eigenvalue weighted by Crippen LogP contribution is -2.40. The van der Waals surface area contributed by atoms with E-state index in [0.29, 0.717) is 41.2 Å². The minimum atomic E-state index is -0.906. The van der Waals surface area contributed by atoms with E-state index in [1.165, 1.54) is 9.13 Å². The Morgan fingerprint density at radius 2 is 1.75 bits per heavy atom. The third kappa shape index (κ3) is 3.89.